The molecule has 0 fully saturated rings. The number of primary amides is 1. The van der Waals surface area contributed by atoms with Crippen LogP contribution in [0.5, 0.6) is 0 Å². The standard InChI is InChI=1S/C5H9NO.Li.Mg.H3N.H4O4Si.3H/c1-3-4(2)5(6)7;;;;1-5(2,3)4;;;/h3H,1-2H3,(H2,6,7);;;1H3;1-4H;;;/q;+1;+2;;;3*-1. The summed E-state index contributed by atoms with van der Waals surface area (Å²) in [5.74, 6) is -0.345. The van der Waals surface area contributed by atoms with Crippen molar-refractivity contribution >= 4 is 38.0 Å². The Bertz CT molecular complexity index is 192. The average Bonchev–Trinajstić information content (AvgIpc) is 1.82. The molecule has 0 aromatic carbocycles. The zero-order chi connectivity index (χ0) is 10.4. The van der Waals surface area contributed by atoms with Gasteiger partial charge in [-0.25, -0.2) is 0 Å². The topological polar surface area (TPSA) is 159 Å². The Morgan fingerprint density at radius 1 is 1.33 bits per heavy atom. The molecule has 1 amide bonds. The summed E-state index contributed by atoms with van der Waals surface area (Å²) in [7, 11) is -4.61. The van der Waals surface area contributed by atoms with E-state index in [0.29, 0.717) is 5.57 Å². The molecular formula is C5H19LiMgN2O5Si. The Labute approximate surface area is 122 Å². The molecule has 0 atom stereocenters. The van der Waals surface area contributed by atoms with Gasteiger partial charge < -0.3 is 35.3 Å². The first-order valence-electron chi connectivity index (χ1n) is 3.00. The molecule has 9 N–H and O–H groups in total. The predicted octanol–water partition coefficient (Wildman–Crippen LogP) is -5.05. The van der Waals surface area contributed by atoms with Crippen LogP contribution in [-0.2, 0) is 4.79 Å². The van der Waals surface area contributed by atoms with Crippen LogP contribution < -0.4 is 30.7 Å². The van der Waals surface area contributed by atoms with Crippen LogP contribution in [0, 0.1) is 0 Å². The second-order valence-corrected chi connectivity index (χ2v) is 3.14. The second kappa shape index (κ2) is 14.6. The Morgan fingerprint density at radius 3 is 1.53 bits per heavy atom. The van der Waals surface area contributed by atoms with Crippen LogP contribution in [0.1, 0.15) is 18.1 Å². The number of carbonyl (C=O) groups is 1. The minimum Gasteiger partial charge on any atom is -1.00 e. The monoisotopic (exact) mass is 246 g/mol. The molecule has 0 saturated carbocycles. The maximum Gasteiger partial charge on any atom is 2.00 e. The van der Waals surface area contributed by atoms with Crippen LogP contribution in [0.3, 0.4) is 0 Å². The third-order valence-corrected chi connectivity index (χ3v) is 0.822. The molecule has 0 radical (unpaired) electrons. The maximum atomic E-state index is 10.1. The molecule has 0 aliphatic carbocycles. The normalized spacial score (nSPS) is 9.33. The molecule has 0 aliphatic rings. The SMILES string of the molecule is CC=C(C)C(N)=O.N.O[Si](O)(O)O.[H-].[H-].[H-].[Li+].[Mg+2]. The number of hydrogen-bond donors (Lipinski definition) is 6. The first-order valence-corrected chi connectivity index (χ1v) is 4.79. The van der Waals surface area contributed by atoms with Gasteiger partial charge in [0.25, 0.3) is 0 Å². The van der Waals surface area contributed by atoms with Gasteiger partial charge in [-0.1, -0.05) is 6.08 Å². The summed E-state index contributed by atoms with van der Waals surface area (Å²) in [6.45, 7) is 3.46. The van der Waals surface area contributed by atoms with Crippen molar-refractivity contribution in [1.29, 1.82) is 0 Å². The van der Waals surface area contributed by atoms with E-state index in [1.807, 2.05) is 0 Å². The fourth-order valence-electron chi connectivity index (χ4n) is 0.142. The van der Waals surface area contributed by atoms with Crippen molar-refractivity contribution in [1.82, 2.24) is 6.15 Å². The van der Waals surface area contributed by atoms with E-state index in [2.05, 4.69) is 0 Å². The first-order chi connectivity index (χ1) is 5.18. The van der Waals surface area contributed by atoms with Gasteiger partial charge in [0.2, 0.25) is 5.91 Å². The van der Waals surface area contributed by atoms with Gasteiger partial charge in [0.1, 0.15) is 0 Å². The second-order valence-electron chi connectivity index (χ2n) is 1.94. The Morgan fingerprint density at radius 2 is 1.53 bits per heavy atom. The number of rotatable bonds is 1. The molecule has 0 rings (SSSR count). The van der Waals surface area contributed by atoms with Crippen molar-refractivity contribution < 1.29 is 47.1 Å². The van der Waals surface area contributed by atoms with E-state index < -0.39 is 9.05 Å². The summed E-state index contributed by atoms with van der Waals surface area (Å²) in [4.78, 5) is 39.4. The van der Waals surface area contributed by atoms with Crippen molar-refractivity contribution in [2.24, 2.45) is 5.73 Å². The first kappa shape index (κ1) is 29.6. The van der Waals surface area contributed by atoms with E-state index in [4.69, 9.17) is 24.9 Å². The van der Waals surface area contributed by atoms with E-state index in [0.717, 1.165) is 0 Å². The maximum absolute atomic E-state index is 10.1. The number of nitrogens with two attached hydrogens (primary N) is 1. The molecule has 10 heteroatoms. The molecule has 0 aliphatic heterocycles. The van der Waals surface area contributed by atoms with Gasteiger partial charge in [-0.2, -0.15) is 0 Å². The summed E-state index contributed by atoms with van der Waals surface area (Å²) in [5, 5.41) is 0. The van der Waals surface area contributed by atoms with E-state index in [1.165, 1.54) is 0 Å². The summed E-state index contributed by atoms with van der Waals surface area (Å²) < 4.78 is 0. The molecule has 0 aromatic rings. The van der Waals surface area contributed by atoms with Gasteiger partial charge in [-0.05, 0) is 13.8 Å². The van der Waals surface area contributed by atoms with Gasteiger partial charge >= 0.3 is 51.0 Å². The number of hydrogen-bond acceptors (Lipinski definition) is 6. The molecule has 7 nitrogen and oxygen atoms in total. The van der Waals surface area contributed by atoms with Gasteiger partial charge in [0, 0.05) is 5.57 Å². The van der Waals surface area contributed by atoms with E-state index in [1.54, 1.807) is 19.9 Å². The van der Waals surface area contributed by atoms with E-state index in [-0.39, 0.29) is 58.3 Å². The Balaban J connectivity index is -0.0000000142. The third-order valence-electron chi connectivity index (χ3n) is 0.822. The minimum absolute atomic E-state index is 0. The molecule has 15 heavy (non-hydrogen) atoms. The fourth-order valence-corrected chi connectivity index (χ4v) is 0.142. The molecule has 0 bridgehead atoms. The fraction of sp³-hybridized carbons (Fsp3) is 0.400. The molecule has 0 saturated heterocycles. The number of allylic oxidation sites excluding steroid dienone is 1. The van der Waals surface area contributed by atoms with Gasteiger partial charge in [0.05, 0.1) is 0 Å². The minimum atomic E-state index is -4.61. The van der Waals surface area contributed by atoms with Crippen molar-refractivity contribution in [2.45, 2.75) is 13.8 Å². The molecule has 0 spiro atoms. The Kier molecular flexibility index (Phi) is 28.8. The van der Waals surface area contributed by atoms with Crippen LogP contribution in [0.4, 0.5) is 0 Å². The summed E-state index contributed by atoms with van der Waals surface area (Å²) in [6.07, 6.45) is 1.68. The summed E-state index contributed by atoms with van der Waals surface area (Å²) in [6, 6.07) is 0. The van der Waals surface area contributed by atoms with E-state index in [9.17, 15) is 4.79 Å². The van der Waals surface area contributed by atoms with Gasteiger partial charge in [0.15, 0.2) is 0 Å². The largest absolute Gasteiger partial charge is 2.00 e. The number of amides is 1. The summed E-state index contributed by atoms with van der Waals surface area (Å²) >= 11 is 0. The predicted molar refractivity (Wildman–Crippen MR) is 57.4 cm³/mol. The van der Waals surface area contributed by atoms with Gasteiger partial charge in [-0.15, -0.1) is 0 Å². The smallest absolute Gasteiger partial charge is 1.00 e. The van der Waals surface area contributed by atoms with Crippen LogP contribution in [0.2, 0.25) is 0 Å². The zero-order valence-electron chi connectivity index (χ0n) is 12.3. The van der Waals surface area contributed by atoms with Crippen molar-refractivity contribution in [3.05, 3.63) is 11.6 Å². The van der Waals surface area contributed by atoms with Crippen LogP contribution in [0.25, 0.3) is 0 Å². The molecular weight excluding hydrogens is 227 g/mol. The molecule has 0 heterocycles. The molecule has 0 aromatic heterocycles. The van der Waals surface area contributed by atoms with Crippen molar-refractivity contribution in [2.75, 3.05) is 0 Å². The van der Waals surface area contributed by atoms with Crippen molar-refractivity contribution in [3.63, 3.8) is 0 Å². The molecule has 0 unspecified atom stereocenters. The van der Waals surface area contributed by atoms with Crippen molar-refractivity contribution in [3.8, 4) is 0 Å². The van der Waals surface area contributed by atoms with Crippen LogP contribution >= 0.6 is 0 Å². The van der Waals surface area contributed by atoms with E-state index >= 15 is 0 Å². The summed E-state index contributed by atoms with van der Waals surface area (Å²) in [5.41, 5.74) is 5.45. The van der Waals surface area contributed by atoms with Crippen LogP contribution in [-0.4, -0.2) is 57.2 Å². The number of carbonyl (C=O) groups excluding carboxylic acids is 1. The van der Waals surface area contributed by atoms with Gasteiger partial charge in [-0.3, -0.25) is 4.79 Å². The average molecular weight is 247 g/mol. The van der Waals surface area contributed by atoms with Crippen LogP contribution in [0.15, 0.2) is 11.6 Å². The third kappa shape index (κ3) is 53.2. The quantitative estimate of drug-likeness (QED) is 0.201. The Hall–Kier alpha value is 0.591. The zero-order valence-corrected chi connectivity index (χ0v) is 11.7. The molecule has 86 valence electrons.